The van der Waals surface area contributed by atoms with E-state index in [-0.39, 0.29) is 23.3 Å². The van der Waals surface area contributed by atoms with Crippen molar-refractivity contribution < 1.29 is 13.9 Å². The van der Waals surface area contributed by atoms with E-state index in [1.165, 1.54) is 51.9 Å². The molecule has 1 unspecified atom stereocenters. The van der Waals surface area contributed by atoms with E-state index in [1.54, 1.807) is 0 Å². The topological polar surface area (TPSA) is 26.3 Å². The second kappa shape index (κ2) is 9.06. The third-order valence-electron chi connectivity index (χ3n) is 10.6. The van der Waals surface area contributed by atoms with Crippen LogP contribution in [-0.4, -0.2) is 12.1 Å². The van der Waals surface area contributed by atoms with Gasteiger partial charge in [0.2, 0.25) is 0 Å². The second-order valence-electron chi connectivity index (χ2n) is 12.9. The molecule has 0 amide bonds. The Balaban J connectivity index is 1.51. The highest BCUT2D eigenvalue weighted by atomic mass is 19.1. The van der Waals surface area contributed by atoms with Crippen molar-refractivity contribution >= 4 is 5.97 Å². The predicted molar refractivity (Wildman–Crippen MR) is 129 cm³/mol. The Hall–Kier alpha value is -0.860. The van der Waals surface area contributed by atoms with Crippen LogP contribution in [0.2, 0.25) is 0 Å². The Morgan fingerprint density at radius 3 is 2.47 bits per heavy atom. The molecule has 4 rings (SSSR count). The standard InChI is InChI=1S/C29H47FO2/c1-18(2)8-7-9-19(3)23-10-11-24-22-17-27(30)26-16-21(32-20(4)31)12-14-29(26,6)25(22)13-15-28(23,24)5/h18-19,21-25H,7-17H2,1-6H3/t19-,21?,22+,23-,24+,25+,28-,29-/m1/s1. The number of halogens is 1. The smallest absolute Gasteiger partial charge is 0.302 e. The monoisotopic (exact) mass is 446 g/mol. The SMILES string of the molecule is CC(=O)OC1CC[C@@]2(C)C(=C(F)C[C@H]3[C@@H]4CC[C@H]([C@H](C)CCCC(C)C)[C@@]4(C)CC[C@@H]32)C1. The third kappa shape index (κ3) is 4.20. The maximum absolute atomic E-state index is 15.7. The summed E-state index contributed by atoms with van der Waals surface area (Å²) < 4.78 is 21.2. The molecule has 0 aliphatic heterocycles. The molecule has 0 aromatic carbocycles. The first-order valence-corrected chi connectivity index (χ1v) is 13.6. The maximum atomic E-state index is 15.7. The van der Waals surface area contributed by atoms with Gasteiger partial charge in [-0.15, -0.1) is 0 Å². The largest absolute Gasteiger partial charge is 0.462 e. The van der Waals surface area contributed by atoms with Crippen molar-refractivity contribution in [3.05, 3.63) is 11.4 Å². The van der Waals surface area contributed by atoms with Crippen LogP contribution < -0.4 is 0 Å². The van der Waals surface area contributed by atoms with Crippen LogP contribution in [0.3, 0.4) is 0 Å². The van der Waals surface area contributed by atoms with Crippen LogP contribution in [0, 0.1) is 46.3 Å². The fourth-order valence-electron chi connectivity index (χ4n) is 9.06. The Morgan fingerprint density at radius 1 is 1.03 bits per heavy atom. The first-order valence-electron chi connectivity index (χ1n) is 13.6. The fourth-order valence-corrected chi connectivity index (χ4v) is 9.06. The summed E-state index contributed by atoms with van der Waals surface area (Å²) in [5, 5.41) is 0. The van der Waals surface area contributed by atoms with Crippen molar-refractivity contribution in [3.8, 4) is 0 Å². The predicted octanol–water partition coefficient (Wildman–Crippen LogP) is 8.26. The summed E-state index contributed by atoms with van der Waals surface area (Å²) in [5.74, 6) is 4.08. The van der Waals surface area contributed by atoms with Gasteiger partial charge in [-0.2, -0.15) is 0 Å². The molecule has 2 nitrogen and oxygen atoms in total. The Kier molecular flexibility index (Phi) is 6.87. The molecule has 0 radical (unpaired) electrons. The van der Waals surface area contributed by atoms with E-state index in [0.717, 1.165) is 36.2 Å². The molecule has 0 saturated heterocycles. The first kappa shape index (κ1) is 24.3. The van der Waals surface area contributed by atoms with Gasteiger partial charge >= 0.3 is 5.97 Å². The molecule has 0 aromatic rings. The van der Waals surface area contributed by atoms with Crippen LogP contribution in [-0.2, 0) is 9.53 Å². The molecule has 4 aliphatic rings. The minimum atomic E-state index is -0.235. The number of hydrogen-bond donors (Lipinski definition) is 0. The highest BCUT2D eigenvalue weighted by Crippen LogP contribution is 2.68. The zero-order valence-electron chi connectivity index (χ0n) is 21.5. The van der Waals surface area contributed by atoms with E-state index < -0.39 is 0 Å². The summed E-state index contributed by atoms with van der Waals surface area (Å²) >= 11 is 0. The molecule has 8 atom stereocenters. The lowest BCUT2D eigenvalue weighted by Crippen LogP contribution is -2.51. The zero-order valence-corrected chi connectivity index (χ0v) is 21.5. The molecule has 0 heterocycles. The molecular formula is C29H47FO2. The summed E-state index contributed by atoms with van der Waals surface area (Å²) in [6.45, 7) is 13.5. The number of fused-ring (bicyclic) bond motifs is 5. The molecule has 3 heteroatoms. The van der Waals surface area contributed by atoms with Crippen molar-refractivity contribution in [2.75, 3.05) is 0 Å². The number of allylic oxidation sites excluding steroid dienone is 1. The summed E-state index contributed by atoms with van der Waals surface area (Å²) in [6.07, 6.45) is 12.2. The normalized spacial score (nSPS) is 42.3. The minimum Gasteiger partial charge on any atom is -0.462 e. The summed E-state index contributed by atoms with van der Waals surface area (Å²) in [7, 11) is 0. The van der Waals surface area contributed by atoms with Crippen molar-refractivity contribution in [3.63, 3.8) is 0 Å². The van der Waals surface area contributed by atoms with Gasteiger partial charge in [-0.3, -0.25) is 4.79 Å². The minimum absolute atomic E-state index is 0.0358. The average Bonchev–Trinajstić information content (AvgIpc) is 3.06. The van der Waals surface area contributed by atoms with Crippen LogP contribution in [0.1, 0.15) is 112 Å². The zero-order chi connectivity index (χ0) is 23.3. The molecule has 182 valence electrons. The van der Waals surface area contributed by atoms with Gasteiger partial charge in [-0.25, -0.2) is 4.39 Å². The number of esters is 1. The lowest BCUT2D eigenvalue weighted by molar-refractivity contribution is -0.149. The molecule has 3 fully saturated rings. The summed E-state index contributed by atoms with van der Waals surface area (Å²) in [4.78, 5) is 11.5. The van der Waals surface area contributed by atoms with Crippen molar-refractivity contribution in [1.29, 1.82) is 0 Å². The molecule has 0 N–H and O–H groups in total. The number of carbonyl (C=O) groups is 1. The molecule has 4 aliphatic carbocycles. The Bertz CT molecular complexity index is 741. The second-order valence-corrected chi connectivity index (χ2v) is 12.9. The Labute approximate surface area is 196 Å². The molecule has 0 spiro atoms. The summed E-state index contributed by atoms with van der Waals surface area (Å²) in [6, 6.07) is 0. The van der Waals surface area contributed by atoms with E-state index in [4.69, 9.17) is 4.74 Å². The van der Waals surface area contributed by atoms with E-state index in [1.807, 2.05) is 0 Å². The fraction of sp³-hybridized carbons (Fsp3) is 0.897. The molecule has 3 saturated carbocycles. The van der Waals surface area contributed by atoms with Crippen LogP contribution >= 0.6 is 0 Å². The molecule has 0 aromatic heterocycles. The van der Waals surface area contributed by atoms with Crippen molar-refractivity contribution in [1.82, 2.24) is 0 Å². The van der Waals surface area contributed by atoms with E-state index in [0.29, 0.717) is 36.0 Å². The quantitative estimate of drug-likeness (QED) is 0.384. The number of rotatable bonds is 6. The van der Waals surface area contributed by atoms with Crippen molar-refractivity contribution in [2.24, 2.45) is 46.3 Å². The van der Waals surface area contributed by atoms with Crippen LogP contribution in [0.15, 0.2) is 11.4 Å². The average molecular weight is 447 g/mol. The van der Waals surface area contributed by atoms with Gasteiger partial charge in [0.15, 0.2) is 0 Å². The van der Waals surface area contributed by atoms with Gasteiger partial charge in [-0.1, -0.05) is 53.9 Å². The molecular weight excluding hydrogens is 399 g/mol. The van der Waals surface area contributed by atoms with Gasteiger partial charge in [0.1, 0.15) is 11.9 Å². The molecule has 0 bridgehead atoms. The third-order valence-corrected chi connectivity index (χ3v) is 10.6. The van der Waals surface area contributed by atoms with Gasteiger partial charge < -0.3 is 4.74 Å². The van der Waals surface area contributed by atoms with Gasteiger partial charge in [0.05, 0.1) is 0 Å². The van der Waals surface area contributed by atoms with Crippen molar-refractivity contribution in [2.45, 2.75) is 118 Å². The summed E-state index contributed by atoms with van der Waals surface area (Å²) in [5.41, 5.74) is 1.35. The number of carbonyl (C=O) groups excluding carboxylic acids is 1. The number of hydrogen-bond acceptors (Lipinski definition) is 2. The van der Waals surface area contributed by atoms with Crippen LogP contribution in [0.4, 0.5) is 4.39 Å². The number of ether oxygens (including phenoxy) is 1. The molecule has 32 heavy (non-hydrogen) atoms. The van der Waals surface area contributed by atoms with Gasteiger partial charge in [-0.05, 0) is 90.4 Å². The van der Waals surface area contributed by atoms with Crippen LogP contribution in [0.5, 0.6) is 0 Å². The van der Waals surface area contributed by atoms with E-state index >= 15 is 4.39 Å². The lowest BCUT2D eigenvalue weighted by atomic mass is 9.46. The highest BCUT2D eigenvalue weighted by molar-refractivity contribution is 5.66. The van der Waals surface area contributed by atoms with Gasteiger partial charge in [0, 0.05) is 19.8 Å². The first-order chi connectivity index (χ1) is 15.1. The highest BCUT2D eigenvalue weighted by Gasteiger charge is 2.60. The van der Waals surface area contributed by atoms with Gasteiger partial charge in [0.25, 0.3) is 0 Å². The van der Waals surface area contributed by atoms with E-state index in [2.05, 4.69) is 34.6 Å². The Morgan fingerprint density at radius 2 is 1.78 bits per heavy atom. The lowest BCUT2D eigenvalue weighted by Gasteiger charge is -2.58. The maximum Gasteiger partial charge on any atom is 0.302 e. The van der Waals surface area contributed by atoms with E-state index in [9.17, 15) is 4.79 Å². The van der Waals surface area contributed by atoms with Crippen LogP contribution in [0.25, 0.3) is 0 Å².